The van der Waals surface area contributed by atoms with Crippen molar-refractivity contribution in [2.45, 2.75) is 18.2 Å². The van der Waals surface area contributed by atoms with Gasteiger partial charge >= 0.3 is 0 Å². The lowest BCUT2D eigenvalue weighted by molar-refractivity contribution is 0.0958. The maximum atomic E-state index is 12.0. The van der Waals surface area contributed by atoms with Crippen LogP contribution in [0.3, 0.4) is 0 Å². The number of sulfonamides is 1. The Labute approximate surface area is 124 Å². The normalized spacial score (nSPS) is 15.4. The van der Waals surface area contributed by atoms with Crippen LogP contribution in [-0.4, -0.2) is 33.8 Å². The van der Waals surface area contributed by atoms with E-state index in [1.807, 2.05) is 6.92 Å². The van der Waals surface area contributed by atoms with E-state index in [-0.39, 0.29) is 16.4 Å². The molecule has 0 saturated heterocycles. The van der Waals surface area contributed by atoms with Crippen molar-refractivity contribution >= 4 is 28.0 Å². The summed E-state index contributed by atoms with van der Waals surface area (Å²) in [5.41, 5.74) is 0.833. The highest BCUT2D eigenvalue weighted by Gasteiger charge is 2.26. The molecule has 21 heavy (non-hydrogen) atoms. The lowest BCUT2D eigenvalue weighted by atomic mass is 10.1. The van der Waals surface area contributed by atoms with Crippen LogP contribution < -0.4 is 10.2 Å². The van der Waals surface area contributed by atoms with Crippen molar-refractivity contribution in [2.75, 3.05) is 18.0 Å². The molecule has 0 spiro atoms. The number of anilines is 1. The molecule has 1 heterocycles. The predicted molar refractivity (Wildman–Crippen MR) is 82.3 cm³/mol. The van der Waals surface area contributed by atoms with E-state index in [1.54, 1.807) is 23.1 Å². The quantitative estimate of drug-likeness (QED) is 0.837. The second-order valence-electron chi connectivity index (χ2n) is 4.57. The van der Waals surface area contributed by atoms with Crippen LogP contribution in [0.4, 0.5) is 5.69 Å². The summed E-state index contributed by atoms with van der Waals surface area (Å²) in [6.45, 7) is 6.49. The zero-order chi connectivity index (χ0) is 15.5. The van der Waals surface area contributed by atoms with E-state index in [1.165, 1.54) is 12.4 Å². The fourth-order valence-electron chi connectivity index (χ4n) is 2.02. The van der Waals surface area contributed by atoms with Gasteiger partial charge in [0.1, 0.15) is 11.2 Å². The average Bonchev–Trinajstić information content (AvgIpc) is 2.47. The minimum atomic E-state index is -3.74. The SMILES string of the molecule is C=CCNC(=O)c1ccc2c(c1)S(=O)(=O)N=CN2CCC. The van der Waals surface area contributed by atoms with Crippen LogP contribution in [0.1, 0.15) is 23.7 Å². The number of amides is 1. The number of nitrogens with one attached hydrogen (secondary N) is 1. The summed E-state index contributed by atoms with van der Waals surface area (Å²) in [5.74, 6) is -0.343. The first-order valence-electron chi connectivity index (χ1n) is 6.60. The van der Waals surface area contributed by atoms with Gasteiger partial charge in [0.15, 0.2) is 0 Å². The third-order valence-electron chi connectivity index (χ3n) is 3.01. The van der Waals surface area contributed by atoms with E-state index in [2.05, 4.69) is 16.3 Å². The summed E-state index contributed by atoms with van der Waals surface area (Å²) >= 11 is 0. The van der Waals surface area contributed by atoms with Gasteiger partial charge < -0.3 is 10.2 Å². The molecule has 7 heteroatoms. The van der Waals surface area contributed by atoms with Crippen LogP contribution in [0.5, 0.6) is 0 Å². The summed E-state index contributed by atoms with van der Waals surface area (Å²) in [7, 11) is -3.74. The first kappa shape index (κ1) is 15.2. The van der Waals surface area contributed by atoms with Gasteiger partial charge in [0.2, 0.25) is 0 Å². The van der Waals surface area contributed by atoms with Crippen molar-refractivity contribution in [3.8, 4) is 0 Å². The second-order valence-corrected chi connectivity index (χ2v) is 6.17. The molecular weight excluding hydrogens is 290 g/mol. The fraction of sp³-hybridized carbons (Fsp3) is 0.286. The summed E-state index contributed by atoms with van der Waals surface area (Å²) in [5, 5.41) is 2.62. The molecule has 0 aliphatic carbocycles. The Morgan fingerprint density at radius 3 is 2.90 bits per heavy atom. The molecule has 0 unspecified atom stereocenters. The molecule has 2 rings (SSSR count). The number of benzene rings is 1. The smallest absolute Gasteiger partial charge is 0.285 e. The van der Waals surface area contributed by atoms with E-state index in [0.717, 1.165) is 6.42 Å². The molecule has 1 N–H and O–H groups in total. The number of hydrogen-bond donors (Lipinski definition) is 1. The Balaban J connectivity index is 2.42. The molecule has 0 atom stereocenters. The van der Waals surface area contributed by atoms with Gasteiger partial charge in [-0.3, -0.25) is 4.79 Å². The van der Waals surface area contributed by atoms with Gasteiger partial charge in [0.05, 0.1) is 5.69 Å². The van der Waals surface area contributed by atoms with Crippen LogP contribution in [0.2, 0.25) is 0 Å². The highest BCUT2D eigenvalue weighted by molar-refractivity contribution is 7.90. The highest BCUT2D eigenvalue weighted by Crippen LogP contribution is 2.30. The monoisotopic (exact) mass is 307 g/mol. The van der Waals surface area contributed by atoms with Crippen LogP contribution in [0, 0.1) is 0 Å². The molecule has 1 aliphatic heterocycles. The number of nitrogens with zero attached hydrogens (tertiary/aromatic N) is 2. The molecule has 0 radical (unpaired) electrons. The maximum absolute atomic E-state index is 12.0. The van der Waals surface area contributed by atoms with Gasteiger partial charge in [-0.05, 0) is 24.6 Å². The van der Waals surface area contributed by atoms with Crippen LogP contribution in [0.25, 0.3) is 0 Å². The van der Waals surface area contributed by atoms with Crippen molar-refractivity contribution < 1.29 is 13.2 Å². The van der Waals surface area contributed by atoms with Gasteiger partial charge in [0.25, 0.3) is 15.9 Å². The predicted octanol–water partition coefficient (Wildman–Crippen LogP) is 1.55. The Kier molecular flexibility index (Phi) is 4.42. The van der Waals surface area contributed by atoms with Crippen molar-refractivity contribution in [2.24, 2.45) is 4.40 Å². The van der Waals surface area contributed by atoms with E-state index in [4.69, 9.17) is 0 Å². The molecule has 0 bridgehead atoms. The Bertz CT molecular complexity index is 695. The third kappa shape index (κ3) is 3.13. The minimum Gasteiger partial charge on any atom is -0.349 e. The molecule has 1 aliphatic rings. The molecular formula is C14H17N3O3S. The first-order valence-corrected chi connectivity index (χ1v) is 8.04. The second kappa shape index (κ2) is 6.09. The third-order valence-corrected chi connectivity index (χ3v) is 4.26. The van der Waals surface area contributed by atoms with Crippen molar-refractivity contribution in [3.63, 3.8) is 0 Å². The molecule has 0 aromatic heterocycles. The lowest BCUT2D eigenvalue weighted by Gasteiger charge is -2.24. The molecule has 1 aromatic rings. The minimum absolute atomic E-state index is 0.0599. The zero-order valence-corrected chi connectivity index (χ0v) is 12.6. The lowest BCUT2D eigenvalue weighted by Crippen LogP contribution is -2.29. The van der Waals surface area contributed by atoms with Crippen molar-refractivity contribution in [3.05, 3.63) is 36.4 Å². The van der Waals surface area contributed by atoms with E-state index in [9.17, 15) is 13.2 Å². The molecule has 1 aromatic carbocycles. The van der Waals surface area contributed by atoms with Gasteiger partial charge in [-0.25, -0.2) is 0 Å². The van der Waals surface area contributed by atoms with Gasteiger partial charge in [-0.15, -0.1) is 11.0 Å². The highest BCUT2D eigenvalue weighted by atomic mass is 32.2. The van der Waals surface area contributed by atoms with Gasteiger partial charge in [-0.2, -0.15) is 8.42 Å². The van der Waals surface area contributed by atoms with Crippen LogP contribution >= 0.6 is 0 Å². The van der Waals surface area contributed by atoms with E-state index in [0.29, 0.717) is 18.8 Å². The van der Waals surface area contributed by atoms with E-state index >= 15 is 0 Å². The summed E-state index contributed by atoms with van der Waals surface area (Å²) in [6.07, 6.45) is 3.73. The standard InChI is InChI=1S/C14H17N3O3S/c1-3-7-15-14(18)11-5-6-12-13(9-11)21(19,20)16-10-17(12)8-4-2/h3,5-6,9-10H,1,4,7-8H2,2H3,(H,15,18). The summed E-state index contributed by atoms with van der Waals surface area (Å²) < 4.78 is 27.7. The Hall–Kier alpha value is -2.15. The summed E-state index contributed by atoms with van der Waals surface area (Å²) in [6, 6.07) is 4.60. The first-order chi connectivity index (χ1) is 9.99. The number of rotatable bonds is 5. The van der Waals surface area contributed by atoms with Gasteiger partial charge in [-0.1, -0.05) is 13.0 Å². The van der Waals surface area contributed by atoms with Crippen LogP contribution in [0.15, 0.2) is 40.1 Å². The topological polar surface area (TPSA) is 78.8 Å². The number of carbonyl (C=O) groups excluding carboxylic acids is 1. The number of fused-ring (bicyclic) bond motifs is 1. The molecule has 1 amide bonds. The number of carbonyl (C=O) groups is 1. The average molecular weight is 307 g/mol. The van der Waals surface area contributed by atoms with Crippen molar-refractivity contribution in [1.29, 1.82) is 0 Å². The van der Waals surface area contributed by atoms with Gasteiger partial charge in [0, 0.05) is 18.7 Å². The maximum Gasteiger partial charge on any atom is 0.285 e. The number of hydrogen-bond acceptors (Lipinski definition) is 4. The fourth-order valence-corrected chi connectivity index (χ4v) is 3.10. The molecule has 6 nitrogen and oxygen atoms in total. The molecule has 0 fully saturated rings. The Morgan fingerprint density at radius 1 is 1.48 bits per heavy atom. The zero-order valence-electron chi connectivity index (χ0n) is 11.7. The van der Waals surface area contributed by atoms with Crippen molar-refractivity contribution in [1.82, 2.24) is 5.32 Å². The summed E-state index contributed by atoms with van der Waals surface area (Å²) in [4.78, 5) is 13.7. The van der Waals surface area contributed by atoms with E-state index < -0.39 is 10.0 Å². The molecule has 112 valence electrons. The van der Waals surface area contributed by atoms with Crippen LogP contribution in [-0.2, 0) is 10.0 Å². The largest absolute Gasteiger partial charge is 0.349 e. The Morgan fingerprint density at radius 2 is 2.24 bits per heavy atom. The molecule has 0 saturated carbocycles.